The van der Waals surface area contributed by atoms with Crippen LogP contribution in [0.2, 0.25) is 0 Å². The van der Waals surface area contributed by atoms with Gasteiger partial charge in [-0.2, -0.15) is 0 Å². The normalized spacial score (nSPS) is 24.9. The predicted molar refractivity (Wildman–Crippen MR) is 89.3 cm³/mol. The number of hydrogen-bond donors (Lipinski definition) is 1. The van der Waals surface area contributed by atoms with E-state index in [-0.39, 0.29) is 12.2 Å². The molecule has 4 nitrogen and oxygen atoms in total. The smallest absolute Gasteiger partial charge is 0.119 e. The highest BCUT2D eigenvalue weighted by molar-refractivity contribution is 6.30. The Morgan fingerprint density at radius 3 is 2.73 bits per heavy atom. The summed E-state index contributed by atoms with van der Waals surface area (Å²) in [6.07, 6.45) is 5.64. The standard InChI is InChI=1S/C17H21ClN2O2/c1-21-14-5-3-13(4-6-14)20-9-8-15(11-20)22-17-7-2-12(19)10-16(17)18/h2-6,10,15,17H,7-9,11,19H2,1H3. The topological polar surface area (TPSA) is 47.7 Å². The monoisotopic (exact) mass is 320 g/mol. The van der Waals surface area contributed by atoms with E-state index in [1.54, 1.807) is 13.2 Å². The second kappa shape index (κ2) is 6.63. The Morgan fingerprint density at radius 2 is 2.05 bits per heavy atom. The van der Waals surface area contributed by atoms with E-state index in [4.69, 9.17) is 26.8 Å². The molecule has 0 amide bonds. The number of halogens is 1. The van der Waals surface area contributed by atoms with Crippen molar-refractivity contribution in [2.75, 3.05) is 25.1 Å². The molecule has 0 bridgehead atoms. The average Bonchev–Trinajstić information content (AvgIpc) is 2.99. The van der Waals surface area contributed by atoms with Crippen molar-refractivity contribution in [2.45, 2.75) is 25.0 Å². The molecular formula is C17H21ClN2O2. The van der Waals surface area contributed by atoms with Crippen LogP contribution in [0.3, 0.4) is 0 Å². The lowest BCUT2D eigenvalue weighted by Crippen LogP contribution is -2.27. The number of hydrogen-bond acceptors (Lipinski definition) is 4. The molecule has 5 heteroatoms. The van der Waals surface area contributed by atoms with E-state index < -0.39 is 0 Å². The largest absolute Gasteiger partial charge is 0.497 e. The molecule has 0 radical (unpaired) electrons. The van der Waals surface area contributed by atoms with Crippen molar-refractivity contribution in [1.29, 1.82) is 0 Å². The maximum Gasteiger partial charge on any atom is 0.119 e. The van der Waals surface area contributed by atoms with Crippen LogP contribution in [0.15, 0.2) is 47.1 Å². The highest BCUT2D eigenvalue weighted by atomic mass is 35.5. The van der Waals surface area contributed by atoms with Crippen molar-refractivity contribution in [3.63, 3.8) is 0 Å². The summed E-state index contributed by atoms with van der Waals surface area (Å²) in [5, 5.41) is 0.697. The first-order valence-corrected chi connectivity index (χ1v) is 7.90. The summed E-state index contributed by atoms with van der Waals surface area (Å²) >= 11 is 6.23. The number of anilines is 1. The van der Waals surface area contributed by atoms with Gasteiger partial charge in [0.2, 0.25) is 0 Å². The van der Waals surface area contributed by atoms with Gasteiger partial charge in [0, 0.05) is 29.5 Å². The molecule has 1 heterocycles. The average molecular weight is 321 g/mol. The van der Waals surface area contributed by atoms with Gasteiger partial charge in [0.25, 0.3) is 0 Å². The Kier molecular flexibility index (Phi) is 4.60. The Morgan fingerprint density at radius 1 is 1.27 bits per heavy atom. The van der Waals surface area contributed by atoms with Crippen molar-refractivity contribution in [2.24, 2.45) is 5.73 Å². The van der Waals surface area contributed by atoms with E-state index in [1.165, 1.54) is 5.69 Å². The van der Waals surface area contributed by atoms with Gasteiger partial charge in [-0.25, -0.2) is 0 Å². The predicted octanol–water partition coefficient (Wildman–Crippen LogP) is 3.03. The van der Waals surface area contributed by atoms with Crippen molar-refractivity contribution < 1.29 is 9.47 Å². The summed E-state index contributed by atoms with van der Waals surface area (Å²) in [4.78, 5) is 2.33. The third kappa shape index (κ3) is 3.39. The van der Waals surface area contributed by atoms with E-state index in [9.17, 15) is 0 Å². The number of ether oxygens (including phenoxy) is 2. The highest BCUT2D eigenvalue weighted by Gasteiger charge is 2.27. The Labute approximate surface area is 136 Å². The minimum absolute atomic E-state index is 0.0604. The lowest BCUT2D eigenvalue weighted by molar-refractivity contribution is 0.0250. The van der Waals surface area contributed by atoms with E-state index in [2.05, 4.69) is 17.0 Å². The third-order valence-electron chi connectivity index (χ3n) is 4.12. The molecule has 118 valence electrons. The molecule has 0 saturated carbocycles. The molecule has 0 spiro atoms. The molecule has 2 N–H and O–H groups in total. The van der Waals surface area contributed by atoms with Crippen molar-refractivity contribution >= 4 is 17.3 Å². The number of allylic oxidation sites excluding steroid dienone is 1. The fourth-order valence-electron chi connectivity index (χ4n) is 2.89. The van der Waals surface area contributed by atoms with Gasteiger partial charge in [-0.3, -0.25) is 0 Å². The fourth-order valence-corrected chi connectivity index (χ4v) is 3.15. The number of rotatable bonds is 4. The number of benzene rings is 1. The van der Waals surface area contributed by atoms with Crippen LogP contribution in [0, 0.1) is 0 Å². The van der Waals surface area contributed by atoms with Crippen LogP contribution in [-0.2, 0) is 4.74 Å². The van der Waals surface area contributed by atoms with E-state index in [0.29, 0.717) is 5.03 Å². The zero-order chi connectivity index (χ0) is 15.5. The van der Waals surface area contributed by atoms with Crippen LogP contribution >= 0.6 is 11.6 Å². The molecule has 1 aromatic carbocycles. The summed E-state index contributed by atoms with van der Waals surface area (Å²) in [5.41, 5.74) is 7.66. The van der Waals surface area contributed by atoms with Gasteiger partial charge in [-0.15, -0.1) is 0 Å². The summed E-state index contributed by atoms with van der Waals surface area (Å²) < 4.78 is 11.3. The van der Waals surface area contributed by atoms with Crippen molar-refractivity contribution in [3.8, 4) is 5.75 Å². The maximum absolute atomic E-state index is 6.23. The molecule has 1 aromatic rings. The summed E-state index contributed by atoms with van der Waals surface area (Å²) in [7, 11) is 1.68. The quantitative estimate of drug-likeness (QED) is 0.926. The second-order valence-electron chi connectivity index (χ2n) is 5.65. The van der Waals surface area contributed by atoms with Crippen LogP contribution in [0.1, 0.15) is 12.8 Å². The van der Waals surface area contributed by atoms with Crippen LogP contribution < -0.4 is 15.4 Å². The molecule has 2 aliphatic rings. The van der Waals surface area contributed by atoms with Crippen LogP contribution in [0.25, 0.3) is 0 Å². The molecule has 1 saturated heterocycles. The molecule has 1 aliphatic heterocycles. The zero-order valence-electron chi connectivity index (χ0n) is 12.7. The fraction of sp³-hybridized carbons (Fsp3) is 0.412. The molecule has 2 unspecified atom stereocenters. The minimum atomic E-state index is -0.0604. The van der Waals surface area contributed by atoms with Crippen LogP contribution in [0.5, 0.6) is 5.75 Å². The Bertz CT molecular complexity index is 583. The van der Waals surface area contributed by atoms with E-state index in [1.807, 2.05) is 18.2 Å². The van der Waals surface area contributed by atoms with E-state index in [0.717, 1.165) is 37.4 Å². The van der Waals surface area contributed by atoms with Crippen molar-refractivity contribution in [3.05, 3.63) is 47.1 Å². The lowest BCUT2D eigenvalue weighted by Gasteiger charge is -2.24. The molecular weight excluding hydrogens is 300 g/mol. The van der Waals surface area contributed by atoms with Gasteiger partial charge >= 0.3 is 0 Å². The van der Waals surface area contributed by atoms with Crippen LogP contribution in [-0.4, -0.2) is 32.4 Å². The Balaban J connectivity index is 1.57. The minimum Gasteiger partial charge on any atom is -0.497 e. The lowest BCUT2D eigenvalue weighted by atomic mass is 10.1. The first kappa shape index (κ1) is 15.3. The summed E-state index contributed by atoms with van der Waals surface area (Å²) in [5.74, 6) is 0.874. The highest BCUT2D eigenvalue weighted by Crippen LogP contribution is 2.28. The molecule has 1 fully saturated rings. The maximum atomic E-state index is 6.23. The first-order valence-electron chi connectivity index (χ1n) is 7.53. The summed E-state index contributed by atoms with van der Waals surface area (Å²) in [6, 6.07) is 8.13. The molecule has 22 heavy (non-hydrogen) atoms. The number of methoxy groups -OCH3 is 1. The summed E-state index contributed by atoms with van der Waals surface area (Å²) in [6.45, 7) is 1.87. The van der Waals surface area contributed by atoms with Gasteiger partial charge in [0.05, 0.1) is 19.3 Å². The molecule has 1 aliphatic carbocycles. The number of nitrogens with two attached hydrogens (primary N) is 1. The van der Waals surface area contributed by atoms with Crippen LogP contribution in [0.4, 0.5) is 5.69 Å². The van der Waals surface area contributed by atoms with Crippen molar-refractivity contribution in [1.82, 2.24) is 0 Å². The second-order valence-corrected chi connectivity index (χ2v) is 6.08. The number of nitrogens with zero attached hydrogens (tertiary/aromatic N) is 1. The SMILES string of the molecule is COc1ccc(N2CCC(OC3CC=C(N)C=C3Cl)C2)cc1. The van der Waals surface area contributed by atoms with Gasteiger partial charge in [0.15, 0.2) is 0 Å². The van der Waals surface area contributed by atoms with E-state index >= 15 is 0 Å². The zero-order valence-corrected chi connectivity index (χ0v) is 13.4. The molecule has 0 aromatic heterocycles. The molecule has 3 rings (SSSR count). The van der Waals surface area contributed by atoms with Gasteiger partial charge in [-0.05, 0) is 43.2 Å². The van der Waals surface area contributed by atoms with Gasteiger partial charge in [0.1, 0.15) is 5.75 Å². The third-order valence-corrected chi connectivity index (χ3v) is 4.47. The molecule has 2 atom stereocenters. The Hall–Kier alpha value is -1.65. The first-order chi connectivity index (χ1) is 10.7. The van der Waals surface area contributed by atoms with Gasteiger partial charge < -0.3 is 20.1 Å². The van der Waals surface area contributed by atoms with Gasteiger partial charge in [-0.1, -0.05) is 17.7 Å².